The number of aliphatic hydroxyl groups is 4. The van der Waals surface area contributed by atoms with Crippen LogP contribution < -0.4 is 4.74 Å². The Labute approximate surface area is 206 Å². The van der Waals surface area contributed by atoms with Crippen molar-refractivity contribution >= 4 is 0 Å². The molecule has 0 aromatic heterocycles. The second-order valence-electron chi connectivity index (χ2n) is 9.20. The first-order valence-corrected chi connectivity index (χ1v) is 12.0. The SMILES string of the molecule is CCC(c1ccccc1)c1cc(C)c(-c2ccc(OC)cc2)cc1C1(O)C(CO)OCC(O)C1O. The molecule has 1 saturated heterocycles. The molecule has 1 aliphatic rings. The molecule has 0 radical (unpaired) electrons. The predicted molar refractivity (Wildman–Crippen MR) is 134 cm³/mol. The van der Waals surface area contributed by atoms with Crippen LogP contribution in [-0.4, -0.2) is 59.1 Å². The Hall–Kier alpha value is -2.74. The summed E-state index contributed by atoms with van der Waals surface area (Å²) < 4.78 is 10.9. The third kappa shape index (κ3) is 4.60. The summed E-state index contributed by atoms with van der Waals surface area (Å²) in [5.41, 5.74) is 3.11. The first-order valence-electron chi connectivity index (χ1n) is 12.0. The van der Waals surface area contributed by atoms with Gasteiger partial charge in [0.15, 0.2) is 0 Å². The summed E-state index contributed by atoms with van der Waals surface area (Å²) in [6.45, 7) is 3.41. The van der Waals surface area contributed by atoms with E-state index in [1.165, 1.54) is 0 Å². The Morgan fingerprint density at radius 3 is 2.34 bits per heavy atom. The zero-order chi connectivity index (χ0) is 25.2. The van der Waals surface area contributed by atoms with Crippen LogP contribution in [0.3, 0.4) is 0 Å². The van der Waals surface area contributed by atoms with Gasteiger partial charge in [0.05, 0.1) is 20.3 Å². The molecule has 0 saturated carbocycles. The number of ether oxygens (including phenoxy) is 2. The van der Waals surface area contributed by atoms with E-state index in [4.69, 9.17) is 9.47 Å². The van der Waals surface area contributed by atoms with E-state index < -0.39 is 30.5 Å². The summed E-state index contributed by atoms with van der Waals surface area (Å²) >= 11 is 0. The zero-order valence-corrected chi connectivity index (χ0v) is 20.4. The maximum Gasteiger partial charge on any atom is 0.147 e. The van der Waals surface area contributed by atoms with Crippen LogP contribution in [0, 0.1) is 6.92 Å². The first kappa shape index (κ1) is 25.4. The molecule has 0 spiro atoms. The number of aliphatic hydroxyl groups excluding tert-OH is 3. The molecule has 0 amide bonds. The number of hydrogen-bond donors (Lipinski definition) is 4. The lowest BCUT2D eigenvalue weighted by molar-refractivity contribution is -0.255. The van der Waals surface area contributed by atoms with Gasteiger partial charge in [0.1, 0.15) is 29.7 Å². The van der Waals surface area contributed by atoms with Crippen molar-refractivity contribution < 1.29 is 29.9 Å². The van der Waals surface area contributed by atoms with E-state index >= 15 is 0 Å². The highest BCUT2D eigenvalue weighted by molar-refractivity contribution is 5.70. The van der Waals surface area contributed by atoms with Gasteiger partial charge in [-0.15, -0.1) is 0 Å². The number of rotatable bonds is 7. The number of benzene rings is 3. The lowest BCUT2D eigenvalue weighted by Gasteiger charge is -2.46. The second-order valence-corrected chi connectivity index (χ2v) is 9.20. The van der Waals surface area contributed by atoms with Gasteiger partial charge in [-0.25, -0.2) is 0 Å². The van der Waals surface area contributed by atoms with E-state index in [2.05, 4.69) is 6.92 Å². The summed E-state index contributed by atoms with van der Waals surface area (Å²) in [5, 5.41) is 43.7. The summed E-state index contributed by atoms with van der Waals surface area (Å²) in [6, 6.07) is 21.5. The van der Waals surface area contributed by atoms with E-state index in [-0.39, 0.29) is 12.5 Å². The molecule has 4 rings (SSSR count). The van der Waals surface area contributed by atoms with Gasteiger partial charge in [0.2, 0.25) is 0 Å². The average Bonchev–Trinajstić information content (AvgIpc) is 2.89. The van der Waals surface area contributed by atoms with Gasteiger partial charge in [0, 0.05) is 5.92 Å². The molecule has 0 aliphatic carbocycles. The van der Waals surface area contributed by atoms with Gasteiger partial charge in [0.25, 0.3) is 0 Å². The zero-order valence-electron chi connectivity index (χ0n) is 20.4. The topological polar surface area (TPSA) is 99.4 Å². The highest BCUT2D eigenvalue weighted by Crippen LogP contribution is 2.44. The minimum atomic E-state index is -2.02. The van der Waals surface area contributed by atoms with Gasteiger partial charge in [-0.1, -0.05) is 55.5 Å². The highest BCUT2D eigenvalue weighted by Gasteiger charge is 2.53. The Bertz CT molecular complexity index is 1130. The molecular weight excluding hydrogens is 444 g/mol. The van der Waals surface area contributed by atoms with Gasteiger partial charge in [-0.05, 0) is 64.9 Å². The van der Waals surface area contributed by atoms with Crippen molar-refractivity contribution in [1.82, 2.24) is 0 Å². The lowest BCUT2D eigenvalue weighted by Crippen LogP contribution is -2.62. The predicted octanol–water partition coefficient (Wildman–Crippen LogP) is 3.51. The summed E-state index contributed by atoms with van der Waals surface area (Å²) in [4.78, 5) is 0. The second kappa shape index (κ2) is 10.5. The van der Waals surface area contributed by atoms with Crippen LogP contribution in [0.25, 0.3) is 11.1 Å². The molecule has 6 nitrogen and oxygen atoms in total. The highest BCUT2D eigenvalue weighted by atomic mass is 16.5. The number of hydrogen-bond acceptors (Lipinski definition) is 6. The lowest BCUT2D eigenvalue weighted by atomic mass is 9.72. The van der Waals surface area contributed by atoms with Gasteiger partial charge < -0.3 is 29.9 Å². The minimum Gasteiger partial charge on any atom is -0.497 e. The summed E-state index contributed by atoms with van der Waals surface area (Å²) in [6.07, 6.45) is -3.18. The van der Waals surface area contributed by atoms with Crippen LogP contribution >= 0.6 is 0 Å². The molecule has 3 aromatic rings. The van der Waals surface area contributed by atoms with Crippen molar-refractivity contribution in [3.8, 4) is 16.9 Å². The molecular formula is C29H34O6. The molecule has 5 unspecified atom stereocenters. The third-order valence-electron chi connectivity index (χ3n) is 7.15. The molecule has 4 N–H and O–H groups in total. The fourth-order valence-corrected chi connectivity index (χ4v) is 5.21. The minimum absolute atomic E-state index is 0.0792. The van der Waals surface area contributed by atoms with E-state index in [0.717, 1.165) is 40.0 Å². The Balaban J connectivity index is 1.98. The molecule has 0 bridgehead atoms. The largest absolute Gasteiger partial charge is 0.497 e. The average molecular weight is 479 g/mol. The fourth-order valence-electron chi connectivity index (χ4n) is 5.21. The number of aryl methyl sites for hydroxylation is 1. The monoisotopic (exact) mass is 478 g/mol. The molecule has 1 heterocycles. The number of methoxy groups -OCH3 is 1. The van der Waals surface area contributed by atoms with E-state index in [0.29, 0.717) is 5.56 Å². The van der Waals surface area contributed by atoms with Gasteiger partial charge in [-0.2, -0.15) is 0 Å². The molecule has 6 heteroatoms. The van der Waals surface area contributed by atoms with Crippen LogP contribution in [-0.2, 0) is 10.3 Å². The maximum atomic E-state index is 12.0. The molecule has 3 aromatic carbocycles. The van der Waals surface area contributed by atoms with Crippen LogP contribution in [0.2, 0.25) is 0 Å². The molecule has 35 heavy (non-hydrogen) atoms. The molecule has 186 valence electrons. The van der Waals surface area contributed by atoms with Crippen molar-refractivity contribution in [1.29, 1.82) is 0 Å². The Kier molecular flexibility index (Phi) is 7.59. The third-order valence-corrected chi connectivity index (χ3v) is 7.15. The molecule has 5 atom stereocenters. The first-order chi connectivity index (χ1) is 16.8. The smallest absolute Gasteiger partial charge is 0.147 e. The standard InChI is InChI=1S/C29H34O6/c1-4-22(19-8-6-5-7-9-19)24-14-18(2)23(20-10-12-21(34-3)13-11-20)15-25(24)29(33)27(16-30)35-17-26(31)28(29)32/h5-15,22,26-28,30-33H,4,16-17H2,1-3H3. The Morgan fingerprint density at radius 1 is 1.06 bits per heavy atom. The van der Waals surface area contributed by atoms with Crippen LogP contribution in [0.5, 0.6) is 5.75 Å². The van der Waals surface area contributed by atoms with Crippen LogP contribution in [0.15, 0.2) is 66.7 Å². The van der Waals surface area contributed by atoms with Gasteiger partial charge in [-0.3, -0.25) is 0 Å². The molecule has 1 fully saturated rings. The van der Waals surface area contributed by atoms with Crippen molar-refractivity contribution in [2.75, 3.05) is 20.3 Å². The Morgan fingerprint density at radius 2 is 1.74 bits per heavy atom. The fraction of sp³-hybridized carbons (Fsp3) is 0.379. The van der Waals surface area contributed by atoms with Crippen molar-refractivity contribution in [2.45, 2.75) is 50.1 Å². The van der Waals surface area contributed by atoms with Gasteiger partial charge >= 0.3 is 0 Å². The van der Waals surface area contributed by atoms with Crippen molar-refractivity contribution in [3.05, 3.63) is 89.0 Å². The van der Waals surface area contributed by atoms with Crippen LogP contribution in [0.1, 0.15) is 41.5 Å². The van der Waals surface area contributed by atoms with E-state index in [1.807, 2.05) is 73.7 Å². The molecule has 1 aliphatic heterocycles. The van der Waals surface area contributed by atoms with Crippen molar-refractivity contribution in [3.63, 3.8) is 0 Å². The maximum absolute atomic E-state index is 12.0. The van der Waals surface area contributed by atoms with Crippen LogP contribution in [0.4, 0.5) is 0 Å². The summed E-state index contributed by atoms with van der Waals surface area (Å²) in [5.74, 6) is 0.654. The van der Waals surface area contributed by atoms with E-state index in [9.17, 15) is 20.4 Å². The normalized spacial score (nSPS) is 25.3. The summed E-state index contributed by atoms with van der Waals surface area (Å²) in [7, 11) is 1.61. The quantitative estimate of drug-likeness (QED) is 0.415. The van der Waals surface area contributed by atoms with Crippen molar-refractivity contribution in [2.24, 2.45) is 0 Å². The van der Waals surface area contributed by atoms with E-state index in [1.54, 1.807) is 7.11 Å².